The van der Waals surface area contributed by atoms with Gasteiger partial charge in [-0.25, -0.2) is 22.6 Å². The molecule has 33 heavy (non-hydrogen) atoms. The summed E-state index contributed by atoms with van der Waals surface area (Å²) in [6, 6.07) is 17.1. The predicted molar refractivity (Wildman–Crippen MR) is 121 cm³/mol. The third kappa shape index (κ3) is 2.78. The topological polar surface area (TPSA) is 108 Å². The molecule has 1 saturated heterocycles. The van der Waals surface area contributed by atoms with Gasteiger partial charge in [0.15, 0.2) is 0 Å². The smallest absolute Gasteiger partial charge is 0.333 e. The first-order chi connectivity index (χ1) is 15.7. The van der Waals surface area contributed by atoms with Crippen molar-refractivity contribution in [3.05, 3.63) is 76.6 Å². The minimum Gasteiger partial charge on any atom is -0.493 e. The molecule has 1 spiro atoms. The molecule has 2 aromatic carbocycles. The number of carbonyl (C=O) groups excluding carboxylic acids is 1. The third-order valence-electron chi connectivity index (χ3n) is 6.82. The first-order valence-electron chi connectivity index (χ1n) is 10.9. The van der Waals surface area contributed by atoms with Crippen molar-refractivity contribution in [3.63, 3.8) is 0 Å². The number of aromatic nitrogens is 2. The van der Waals surface area contributed by atoms with E-state index in [1.807, 2.05) is 0 Å². The Morgan fingerprint density at radius 3 is 1.91 bits per heavy atom. The molecule has 0 bridgehead atoms. The molecule has 1 aliphatic carbocycles. The van der Waals surface area contributed by atoms with Gasteiger partial charge in [0, 0.05) is 12.8 Å². The molecule has 1 aromatic heterocycles. The zero-order valence-corrected chi connectivity index (χ0v) is 18.9. The molecule has 172 valence electrons. The maximum absolute atomic E-state index is 13.9. The van der Waals surface area contributed by atoms with Crippen LogP contribution in [0.4, 0.5) is 0 Å². The van der Waals surface area contributed by atoms with Crippen LogP contribution in [0.15, 0.2) is 65.5 Å². The molecule has 2 fully saturated rings. The predicted octanol–water partition coefficient (Wildman–Crippen LogP) is 3.18. The lowest BCUT2D eigenvalue weighted by Gasteiger charge is -2.31. The summed E-state index contributed by atoms with van der Waals surface area (Å²) in [6.45, 7) is 1.18. The highest BCUT2D eigenvalue weighted by atomic mass is 32.2. The van der Waals surface area contributed by atoms with E-state index in [4.69, 9.17) is 4.74 Å². The summed E-state index contributed by atoms with van der Waals surface area (Å²) in [5, 5.41) is 11.3. The van der Waals surface area contributed by atoms with Gasteiger partial charge in [-0.15, -0.1) is 0 Å². The Bertz CT molecular complexity index is 1390. The Balaban J connectivity index is 1.83. The first kappa shape index (κ1) is 21.5. The van der Waals surface area contributed by atoms with E-state index >= 15 is 0 Å². The van der Waals surface area contributed by atoms with Crippen molar-refractivity contribution in [2.75, 3.05) is 0 Å². The maximum atomic E-state index is 13.9. The van der Waals surface area contributed by atoms with E-state index < -0.39 is 42.5 Å². The molecule has 3 aromatic rings. The van der Waals surface area contributed by atoms with E-state index in [1.54, 1.807) is 60.7 Å². The number of hydrogen-bond acceptors (Lipinski definition) is 6. The molecule has 8 nitrogen and oxygen atoms in total. The van der Waals surface area contributed by atoms with Gasteiger partial charge in [0.1, 0.15) is 5.56 Å². The lowest BCUT2D eigenvalue weighted by atomic mass is 9.97. The minimum absolute atomic E-state index is 0.184. The molecule has 1 N–H and O–H groups in total. The summed E-state index contributed by atoms with van der Waals surface area (Å²) < 4.78 is 33.4. The van der Waals surface area contributed by atoms with Crippen molar-refractivity contribution in [1.29, 1.82) is 0 Å². The van der Waals surface area contributed by atoms with Gasteiger partial charge in [0.2, 0.25) is 25.4 Å². The average molecular weight is 469 g/mol. The van der Waals surface area contributed by atoms with Crippen LogP contribution in [-0.2, 0) is 24.1 Å². The van der Waals surface area contributed by atoms with Crippen molar-refractivity contribution >= 4 is 15.8 Å². The number of benzene rings is 2. The number of aromatic hydroxyl groups is 1. The summed E-state index contributed by atoms with van der Waals surface area (Å²) in [5.74, 6) is -1.63. The summed E-state index contributed by atoms with van der Waals surface area (Å²) in [5.41, 5.74) is -0.448. The lowest BCUT2D eigenvalue weighted by Crippen LogP contribution is -2.45. The quantitative estimate of drug-likeness (QED) is 0.592. The van der Waals surface area contributed by atoms with Gasteiger partial charge in [0.05, 0.1) is 11.4 Å². The summed E-state index contributed by atoms with van der Waals surface area (Å²) in [6.07, 6.45) is 2.43. The number of nitrogens with zero attached hydrogens (tertiary/aromatic N) is 2. The van der Waals surface area contributed by atoms with Gasteiger partial charge in [-0.1, -0.05) is 42.8 Å². The van der Waals surface area contributed by atoms with E-state index in [9.17, 15) is 23.1 Å². The molecule has 1 atom stereocenters. The van der Waals surface area contributed by atoms with Crippen LogP contribution in [0.3, 0.4) is 0 Å². The summed E-state index contributed by atoms with van der Waals surface area (Å²) in [7, 11) is -4.32. The van der Waals surface area contributed by atoms with Crippen molar-refractivity contribution in [1.82, 2.24) is 9.36 Å². The molecule has 1 unspecified atom stereocenters. The fourth-order valence-corrected chi connectivity index (χ4v) is 7.48. The fraction of sp³-hybridized carbons (Fsp3) is 0.333. The summed E-state index contributed by atoms with van der Waals surface area (Å²) >= 11 is 0. The highest BCUT2D eigenvalue weighted by molar-refractivity contribution is 7.94. The van der Waals surface area contributed by atoms with E-state index in [2.05, 4.69) is 0 Å². The number of hydrogen-bond donors (Lipinski definition) is 1. The van der Waals surface area contributed by atoms with Gasteiger partial charge in [0.25, 0.3) is 5.56 Å². The second kappa shape index (κ2) is 7.34. The van der Waals surface area contributed by atoms with Gasteiger partial charge in [-0.05, 0) is 44.0 Å². The van der Waals surface area contributed by atoms with Crippen LogP contribution in [0.1, 0.15) is 44.6 Å². The van der Waals surface area contributed by atoms with Crippen LogP contribution in [-0.4, -0.2) is 33.8 Å². The van der Waals surface area contributed by atoms with E-state index in [1.165, 1.54) is 16.3 Å². The third-order valence-corrected chi connectivity index (χ3v) is 9.74. The highest BCUT2D eigenvalue weighted by Crippen LogP contribution is 2.53. The number of ether oxygens (including phenoxy) is 1. The zero-order chi connectivity index (χ0) is 23.4. The van der Waals surface area contributed by atoms with Crippen LogP contribution in [0.2, 0.25) is 0 Å². The van der Waals surface area contributed by atoms with E-state index in [0.717, 1.165) is 6.42 Å². The Kier molecular flexibility index (Phi) is 4.79. The van der Waals surface area contributed by atoms with Crippen molar-refractivity contribution in [3.8, 4) is 17.3 Å². The maximum Gasteiger partial charge on any atom is 0.333 e. The van der Waals surface area contributed by atoms with Crippen molar-refractivity contribution in [2.24, 2.45) is 0 Å². The Hall–Kier alpha value is -3.33. The zero-order valence-electron chi connectivity index (χ0n) is 18.1. The van der Waals surface area contributed by atoms with Crippen LogP contribution in [0, 0.1) is 0 Å². The molecule has 1 aliphatic heterocycles. The second-order valence-corrected chi connectivity index (χ2v) is 11.3. The van der Waals surface area contributed by atoms with E-state index in [0.29, 0.717) is 24.2 Å². The van der Waals surface area contributed by atoms with Crippen LogP contribution < -0.4 is 5.56 Å². The van der Waals surface area contributed by atoms with Crippen LogP contribution in [0.5, 0.6) is 5.88 Å². The van der Waals surface area contributed by atoms with Gasteiger partial charge >= 0.3 is 5.97 Å². The largest absolute Gasteiger partial charge is 0.493 e. The van der Waals surface area contributed by atoms with Gasteiger partial charge in [-0.2, -0.15) is 0 Å². The van der Waals surface area contributed by atoms with Gasteiger partial charge < -0.3 is 9.84 Å². The number of para-hydroxylation sites is 2. The molecule has 9 heteroatoms. The molecule has 0 radical (unpaired) electrons. The first-order valence-corrected chi connectivity index (χ1v) is 12.4. The molecule has 2 aliphatic rings. The summed E-state index contributed by atoms with van der Waals surface area (Å²) in [4.78, 5) is 25.3. The number of esters is 1. The van der Waals surface area contributed by atoms with Crippen LogP contribution in [0.25, 0.3) is 11.4 Å². The lowest BCUT2D eigenvalue weighted by molar-refractivity contribution is -0.152. The highest BCUT2D eigenvalue weighted by Gasteiger charge is 2.70. The SMILES string of the molecule is CC1(c2c(O)n(-c3ccccc3)n(-c3ccccc3)c2=O)C(=O)OC2(CCCCC2)S1(=O)=O. The normalized spacial score (nSPS) is 23.5. The number of carbonyl (C=O) groups is 1. The Morgan fingerprint density at radius 1 is 0.848 bits per heavy atom. The number of rotatable bonds is 3. The molecule has 0 amide bonds. The van der Waals surface area contributed by atoms with Crippen LogP contribution >= 0.6 is 0 Å². The average Bonchev–Trinajstić information content (AvgIpc) is 3.16. The van der Waals surface area contributed by atoms with E-state index in [-0.39, 0.29) is 12.8 Å². The molecule has 5 rings (SSSR count). The minimum atomic E-state index is -4.32. The Labute approximate surface area is 190 Å². The van der Waals surface area contributed by atoms with Gasteiger partial charge in [-0.3, -0.25) is 4.79 Å². The number of sulfone groups is 1. The Morgan fingerprint density at radius 2 is 1.36 bits per heavy atom. The fourth-order valence-electron chi connectivity index (χ4n) is 5.02. The second-order valence-electron chi connectivity index (χ2n) is 8.70. The molecule has 1 saturated carbocycles. The molecular formula is C24H24N2O6S. The van der Waals surface area contributed by atoms with Crippen molar-refractivity contribution < 1.29 is 23.1 Å². The standard InChI is InChI=1S/C24H24N2O6S/c1-23(22(29)32-24(33(23,30)31)15-9-4-10-16-24)19-20(27)25(17-11-5-2-6-12-17)26(21(19)28)18-13-7-3-8-14-18/h2-3,5-8,11-14,27H,4,9-10,15-16H2,1H3. The molecular weight excluding hydrogens is 444 g/mol. The molecule has 2 heterocycles. The van der Waals surface area contributed by atoms with Crippen molar-refractivity contribution in [2.45, 2.75) is 48.7 Å². The monoisotopic (exact) mass is 468 g/mol.